The summed E-state index contributed by atoms with van der Waals surface area (Å²) in [5.41, 5.74) is 3.40. The molecular weight excluding hydrogens is 211 g/mol. The molecule has 0 aliphatic carbocycles. The van der Waals surface area contributed by atoms with Crippen molar-refractivity contribution in [1.29, 1.82) is 0 Å². The number of benzene rings is 1. The summed E-state index contributed by atoms with van der Waals surface area (Å²) in [6, 6.07) is 4.49. The van der Waals surface area contributed by atoms with Gasteiger partial charge < -0.3 is 4.74 Å². The molecule has 0 unspecified atom stereocenters. The summed E-state index contributed by atoms with van der Waals surface area (Å²) in [6.07, 6.45) is 0. The van der Waals surface area contributed by atoms with E-state index in [1.807, 2.05) is 0 Å². The summed E-state index contributed by atoms with van der Waals surface area (Å²) in [6.45, 7) is 3.03. The van der Waals surface area contributed by atoms with E-state index in [4.69, 9.17) is 4.74 Å². The van der Waals surface area contributed by atoms with Crippen LogP contribution < -0.4 is 10.2 Å². The zero-order valence-corrected chi connectivity index (χ0v) is 9.37. The number of amides is 1. The molecule has 0 radical (unpaired) electrons. The highest BCUT2D eigenvalue weighted by molar-refractivity contribution is 5.99. The first-order valence-corrected chi connectivity index (χ1v) is 4.69. The average Bonchev–Trinajstić information content (AvgIpc) is 2.25. The van der Waals surface area contributed by atoms with Gasteiger partial charge in [0.2, 0.25) is 5.91 Å². The van der Waals surface area contributed by atoms with E-state index < -0.39 is 5.82 Å². The van der Waals surface area contributed by atoms with Crippen LogP contribution in [0.25, 0.3) is 0 Å². The van der Waals surface area contributed by atoms with E-state index in [0.29, 0.717) is 11.3 Å². The predicted molar refractivity (Wildman–Crippen MR) is 59.0 cm³/mol. The first-order valence-electron chi connectivity index (χ1n) is 4.69. The molecule has 0 aromatic heterocycles. The number of nitrogens with zero attached hydrogens (tertiary/aromatic N) is 1. The van der Waals surface area contributed by atoms with Crippen molar-refractivity contribution in [3.63, 3.8) is 0 Å². The second kappa shape index (κ2) is 5.25. The van der Waals surface area contributed by atoms with Gasteiger partial charge >= 0.3 is 0 Å². The molecule has 16 heavy (non-hydrogen) atoms. The second-order valence-electron chi connectivity index (χ2n) is 3.21. The summed E-state index contributed by atoms with van der Waals surface area (Å²) >= 11 is 0. The number of hydrazone groups is 1. The van der Waals surface area contributed by atoms with Gasteiger partial charge in [-0.25, -0.2) is 9.82 Å². The van der Waals surface area contributed by atoms with Gasteiger partial charge in [0.25, 0.3) is 0 Å². The van der Waals surface area contributed by atoms with Gasteiger partial charge in [-0.1, -0.05) is 0 Å². The van der Waals surface area contributed by atoms with Crippen LogP contribution in [-0.4, -0.2) is 18.7 Å². The zero-order chi connectivity index (χ0) is 12.1. The van der Waals surface area contributed by atoms with E-state index in [1.165, 1.54) is 26.2 Å². The third kappa shape index (κ3) is 3.05. The molecule has 1 aromatic rings. The number of carbonyl (C=O) groups is 1. The molecular formula is C11H13FN2O2. The van der Waals surface area contributed by atoms with Crippen molar-refractivity contribution in [2.75, 3.05) is 7.11 Å². The van der Waals surface area contributed by atoms with Crippen molar-refractivity contribution < 1.29 is 13.9 Å². The number of rotatable bonds is 3. The highest BCUT2D eigenvalue weighted by Crippen LogP contribution is 2.17. The number of halogens is 1. The molecule has 0 heterocycles. The number of ether oxygens (including phenoxy) is 1. The molecule has 1 N–H and O–H groups in total. The highest BCUT2D eigenvalue weighted by Gasteiger charge is 2.05. The SMILES string of the molecule is COc1ccc(/C(C)=N\NC(C)=O)cc1F. The summed E-state index contributed by atoms with van der Waals surface area (Å²) in [4.78, 5) is 10.6. The van der Waals surface area contributed by atoms with E-state index in [-0.39, 0.29) is 11.7 Å². The topological polar surface area (TPSA) is 50.7 Å². The van der Waals surface area contributed by atoms with Crippen LogP contribution in [0.2, 0.25) is 0 Å². The fourth-order valence-corrected chi connectivity index (χ4v) is 1.12. The van der Waals surface area contributed by atoms with Crippen LogP contribution in [-0.2, 0) is 4.79 Å². The number of carbonyl (C=O) groups excluding carboxylic acids is 1. The number of methoxy groups -OCH3 is 1. The molecule has 4 nitrogen and oxygen atoms in total. The molecule has 0 aliphatic rings. The lowest BCUT2D eigenvalue weighted by molar-refractivity contribution is -0.118. The molecule has 1 aromatic carbocycles. The van der Waals surface area contributed by atoms with Crippen LogP contribution in [0.15, 0.2) is 23.3 Å². The third-order valence-electron chi connectivity index (χ3n) is 1.95. The van der Waals surface area contributed by atoms with Crippen molar-refractivity contribution in [2.45, 2.75) is 13.8 Å². The molecule has 1 amide bonds. The third-order valence-corrected chi connectivity index (χ3v) is 1.95. The minimum Gasteiger partial charge on any atom is -0.494 e. The molecule has 0 atom stereocenters. The first kappa shape index (κ1) is 12.2. The Morgan fingerprint density at radius 3 is 2.62 bits per heavy atom. The van der Waals surface area contributed by atoms with Crippen LogP contribution in [0, 0.1) is 5.82 Å². The number of hydrogen-bond acceptors (Lipinski definition) is 3. The smallest absolute Gasteiger partial charge is 0.236 e. The molecule has 86 valence electrons. The maximum absolute atomic E-state index is 13.3. The molecule has 5 heteroatoms. The van der Waals surface area contributed by atoms with Gasteiger partial charge in [0, 0.05) is 12.5 Å². The number of nitrogens with one attached hydrogen (secondary N) is 1. The Kier molecular flexibility index (Phi) is 3.99. The quantitative estimate of drug-likeness (QED) is 0.627. The predicted octanol–water partition coefficient (Wildman–Crippen LogP) is 1.69. The normalized spacial score (nSPS) is 11.1. The van der Waals surface area contributed by atoms with Gasteiger partial charge in [-0.15, -0.1) is 0 Å². The number of hydrogen-bond donors (Lipinski definition) is 1. The van der Waals surface area contributed by atoms with Gasteiger partial charge in [-0.05, 0) is 25.1 Å². The molecule has 0 bridgehead atoms. The lowest BCUT2D eigenvalue weighted by Crippen LogP contribution is -2.15. The Balaban J connectivity index is 2.92. The molecule has 0 fully saturated rings. The van der Waals surface area contributed by atoms with Crippen LogP contribution in [0.1, 0.15) is 19.4 Å². The Bertz CT molecular complexity index is 430. The van der Waals surface area contributed by atoms with Gasteiger partial charge in [0.05, 0.1) is 12.8 Å². The summed E-state index contributed by atoms with van der Waals surface area (Å²) in [5, 5.41) is 3.80. The summed E-state index contributed by atoms with van der Waals surface area (Å²) in [5.74, 6) is -0.554. The van der Waals surface area contributed by atoms with E-state index in [0.717, 1.165) is 0 Å². The second-order valence-corrected chi connectivity index (χ2v) is 3.21. The van der Waals surface area contributed by atoms with Gasteiger partial charge in [0.15, 0.2) is 11.6 Å². The maximum atomic E-state index is 13.3. The van der Waals surface area contributed by atoms with E-state index in [2.05, 4.69) is 10.5 Å². The molecule has 1 rings (SSSR count). The van der Waals surface area contributed by atoms with Crippen LogP contribution in [0.4, 0.5) is 4.39 Å². The van der Waals surface area contributed by atoms with Crippen LogP contribution in [0.5, 0.6) is 5.75 Å². The summed E-state index contributed by atoms with van der Waals surface area (Å²) < 4.78 is 18.1. The Morgan fingerprint density at radius 1 is 1.44 bits per heavy atom. The average molecular weight is 224 g/mol. The van der Waals surface area contributed by atoms with Crippen LogP contribution >= 0.6 is 0 Å². The molecule has 0 aliphatic heterocycles. The monoisotopic (exact) mass is 224 g/mol. The molecule has 0 saturated heterocycles. The van der Waals surface area contributed by atoms with Crippen LogP contribution in [0.3, 0.4) is 0 Å². The van der Waals surface area contributed by atoms with Gasteiger partial charge in [0.1, 0.15) is 0 Å². The fourth-order valence-electron chi connectivity index (χ4n) is 1.12. The van der Waals surface area contributed by atoms with E-state index in [9.17, 15) is 9.18 Å². The van der Waals surface area contributed by atoms with E-state index in [1.54, 1.807) is 13.0 Å². The molecule has 0 spiro atoms. The van der Waals surface area contributed by atoms with Gasteiger partial charge in [-0.2, -0.15) is 5.10 Å². The minimum absolute atomic E-state index is 0.177. The standard InChI is InChI=1S/C11H13FN2O2/c1-7(13-14-8(2)15)9-4-5-11(16-3)10(12)6-9/h4-6H,1-3H3,(H,14,15)/b13-7-. The molecule has 0 saturated carbocycles. The maximum Gasteiger partial charge on any atom is 0.236 e. The fraction of sp³-hybridized carbons (Fsp3) is 0.273. The van der Waals surface area contributed by atoms with Crippen molar-refractivity contribution in [3.05, 3.63) is 29.6 Å². The van der Waals surface area contributed by atoms with Crippen molar-refractivity contribution in [1.82, 2.24) is 5.43 Å². The zero-order valence-electron chi connectivity index (χ0n) is 9.37. The lowest BCUT2D eigenvalue weighted by atomic mass is 10.1. The van der Waals surface area contributed by atoms with Crippen molar-refractivity contribution in [2.24, 2.45) is 5.10 Å². The van der Waals surface area contributed by atoms with Gasteiger partial charge in [-0.3, -0.25) is 4.79 Å². The summed E-state index contributed by atoms with van der Waals surface area (Å²) in [7, 11) is 1.40. The Morgan fingerprint density at radius 2 is 2.12 bits per heavy atom. The lowest BCUT2D eigenvalue weighted by Gasteiger charge is -2.04. The van der Waals surface area contributed by atoms with E-state index >= 15 is 0 Å². The minimum atomic E-state index is -0.461. The highest BCUT2D eigenvalue weighted by atomic mass is 19.1. The largest absolute Gasteiger partial charge is 0.494 e. The van der Waals surface area contributed by atoms with Crippen molar-refractivity contribution >= 4 is 11.6 Å². The Hall–Kier alpha value is -1.91. The first-order chi connectivity index (χ1) is 7.54. The van der Waals surface area contributed by atoms with Crippen molar-refractivity contribution in [3.8, 4) is 5.75 Å². The Labute approximate surface area is 93.1 Å².